The van der Waals surface area contributed by atoms with E-state index in [0.29, 0.717) is 12.5 Å². The minimum absolute atomic E-state index is 0.199. The van der Waals surface area contributed by atoms with Crippen LogP contribution >= 0.6 is 0 Å². The van der Waals surface area contributed by atoms with E-state index in [9.17, 15) is 5.11 Å². The van der Waals surface area contributed by atoms with Crippen LogP contribution < -0.4 is 5.73 Å². The Hall–Kier alpha value is -0.0800. The van der Waals surface area contributed by atoms with Crippen molar-refractivity contribution >= 4 is 0 Å². The van der Waals surface area contributed by atoms with Gasteiger partial charge in [0.1, 0.15) is 0 Å². The van der Waals surface area contributed by atoms with Gasteiger partial charge in [-0.15, -0.1) is 0 Å². The zero-order valence-corrected chi connectivity index (χ0v) is 12.8. The fraction of sp³-hybridized carbons (Fsp3) is 1.00. The first-order chi connectivity index (χ1) is 8.63. The fourth-order valence-corrected chi connectivity index (χ4v) is 2.57. The topological polar surface area (TPSA) is 46.2 Å². The normalized spacial score (nSPS) is 15.0. The summed E-state index contributed by atoms with van der Waals surface area (Å²) in [5.41, 5.74) is 5.71. The number of unbranched alkanes of at least 4 members (excludes halogenated alkanes) is 7. The van der Waals surface area contributed by atoms with Crippen molar-refractivity contribution < 1.29 is 5.11 Å². The van der Waals surface area contributed by atoms with E-state index in [-0.39, 0.29) is 12.0 Å². The Labute approximate surface area is 114 Å². The number of rotatable bonds is 12. The van der Waals surface area contributed by atoms with Crippen LogP contribution in [0.25, 0.3) is 0 Å². The molecule has 3 N–H and O–H groups in total. The first-order valence-electron chi connectivity index (χ1n) is 8.01. The quantitative estimate of drug-likeness (QED) is 0.517. The van der Waals surface area contributed by atoms with E-state index in [1.54, 1.807) is 0 Å². The van der Waals surface area contributed by atoms with Crippen LogP contribution in [0.4, 0.5) is 0 Å². The van der Waals surface area contributed by atoms with E-state index >= 15 is 0 Å². The molecule has 0 spiro atoms. The maximum atomic E-state index is 10.1. The number of aliphatic hydroxyl groups excluding tert-OH is 1. The van der Waals surface area contributed by atoms with Crippen LogP contribution in [-0.4, -0.2) is 17.8 Å². The van der Waals surface area contributed by atoms with Gasteiger partial charge in [-0.05, 0) is 24.8 Å². The first kappa shape index (κ1) is 17.9. The minimum Gasteiger partial charge on any atom is -0.393 e. The molecule has 0 aliphatic heterocycles. The number of aliphatic hydroxyl groups is 1. The summed E-state index contributed by atoms with van der Waals surface area (Å²) in [7, 11) is 0. The Morgan fingerprint density at radius 3 is 1.83 bits per heavy atom. The molecule has 18 heavy (non-hydrogen) atoms. The minimum atomic E-state index is -0.199. The lowest BCUT2D eigenvalue weighted by Gasteiger charge is -2.24. The summed E-state index contributed by atoms with van der Waals surface area (Å²) in [5.74, 6) is 0.758. The highest BCUT2D eigenvalue weighted by atomic mass is 16.3. The molecule has 0 aromatic rings. The number of hydrogen-bond acceptors (Lipinski definition) is 2. The fourth-order valence-electron chi connectivity index (χ4n) is 2.57. The average molecular weight is 257 g/mol. The summed E-state index contributed by atoms with van der Waals surface area (Å²) in [6.45, 7) is 7.16. The molecular weight excluding hydrogens is 222 g/mol. The molecule has 0 aromatic carbocycles. The lowest BCUT2D eigenvalue weighted by molar-refractivity contribution is 0.0758. The second-order valence-electron chi connectivity index (χ2n) is 5.97. The predicted molar refractivity (Wildman–Crippen MR) is 80.6 cm³/mol. The smallest absolute Gasteiger partial charge is 0.0582 e. The molecule has 2 unspecified atom stereocenters. The number of nitrogens with two attached hydrogens (primary N) is 1. The van der Waals surface area contributed by atoms with Crippen molar-refractivity contribution in [1.29, 1.82) is 0 Å². The Morgan fingerprint density at radius 2 is 1.39 bits per heavy atom. The lowest BCUT2D eigenvalue weighted by atomic mass is 9.87. The van der Waals surface area contributed by atoms with Crippen molar-refractivity contribution in [2.24, 2.45) is 17.6 Å². The molecule has 0 heterocycles. The molecule has 0 aliphatic rings. The van der Waals surface area contributed by atoms with Gasteiger partial charge in [0.05, 0.1) is 6.10 Å². The van der Waals surface area contributed by atoms with E-state index in [4.69, 9.17) is 5.73 Å². The van der Waals surface area contributed by atoms with Gasteiger partial charge in [0, 0.05) is 0 Å². The van der Waals surface area contributed by atoms with E-state index in [2.05, 4.69) is 20.8 Å². The van der Waals surface area contributed by atoms with Gasteiger partial charge in [0.2, 0.25) is 0 Å². The summed E-state index contributed by atoms with van der Waals surface area (Å²) < 4.78 is 0. The van der Waals surface area contributed by atoms with Crippen LogP contribution in [0.2, 0.25) is 0 Å². The van der Waals surface area contributed by atoms with Gasteiger partial charge in [-0.3, -0.25) is 0 Å². The standard InChI is InChI=1S/C16H35NO/c1-4-5-6-7-8-9-10-11-12-16(18)15(13-17)14(2)3/h14-16,18H,4-13,17H2,1-3H3. The van der Waals surface area contributed by atoms with Crippen LogP contribution in [0, 0.1) is 11.8 Å². The largest absolute Gasteiger partial charge is 0.393 e. The van der Waals surface area contributed by atoms with Crippen molar-refractivity contribution in [3.63, 3.8) is 0 Å². The van der Waals surface area contributed by atoms with Crippen molar-refractivity contribution in [2.75, 3.05) is 6.54 Å². The van der Waals surface area contributed by atoms with Gasteiger partial charge in [-0.1, -0.05) is 72.1 Å². The molecule has 0 radical (unpaired) electrons. The van der Waals surface area contributed by atoms with Gasteiger partial charge >= 0.3 is 0 Å². The Kier molecular flexibility index (Phi) is 11.9. The Balaban J connectivity index is 3.42. The zero-order chi connectivity index (χ0) is 13.8. The van der Waals surface area contributed by atoms with Crippen LogP contribution in [0.5, 0.6) is 0 Å². The molecule has 2 nitrogen and oxygen atoms in total. The van der Waals surface area contributed by atoms with Crippen molar-refractivity contribution in [1.82, 2.24) is 0 Å². The summed E-state index contributed by atoms with van der Waals surface area (Å²) in [4.78, 5) is 0. The van der Waals surface area contributed by atoms with Crippen LogP contribution in [-0.2, 0) is 0 Å². The Bertz CT molecular complexity index is 170. The molecule has 0 amide bonds. The summed E-state index contributed by atoms with van der Waals surface area (Å²) >= 11 is 0. The zero-order valence-electron chi connectivity index (χ0n) is 12.8. The maximum Gasteiger partial charge on any atom is 0.0582 e. The summed E-state index contributed by atoms with van der Waals surface area (Å²) in [5, 5.41) is 10.1. The second-order valence-corrected chi connectivity index (χ2v) is 5.97. The average Bonchev–Trinajstić information content (AvgIpc) is 2.33. The summed E-state index contributed by atoms with van der Waals surface area (Å²) in [6.07, 6.45) is 11.3. The highest BCUT2D eigenvalue weighted by Gasteiger charge is 2.20. The van der Waals surface area contributed by atoms with Crippen molar-refractivity contribution in [3.05, 3.63) is 0 Å². The maximum absolute atomic E-state index is 10.1. The van der Waals surface area contributed by atoms with Crippen molar-refractivity contribution in [2.45, 2.75) is 84.7 Å². The lowest BCUT2D eigenvalue weighted by Crippen LogP contribution is -2.31. The van der Waals surface area contributed by atoms with Crippen molar-refractivity contribution in [3.8, 4) is 0 Å². The van der Waals surface area contributed by atoms with E-state index < -0.39 is 0 Å². The third-order valence-corrected chi connectivity index (χ3v) is 3.98. The molecular formula is C16H35NO. The van der Waals surface area contributed by atoms with E-state index in [1.807, 2.05) is 0 Å². The summed E-state index contributed by atoms with van der Waals surface area (Å²) in [6, 6.07) is 0. The van der Waals surface area contributed by atoms with Crippen LogP contribution in [0.3, 0.4) is 0 Å². The molecule has 0 bridgehead atoms. The molecule has 0 rings (SSSR count). The molecule has 0 saturated heterocycles. The highest BCUT2D eigenvalue weighted by molar-refractivity contribution is 4.72. The molecule has 0 fully saturated rings. The molecule has 0 aliphatic carbocycles. The van der Waals surface area contributed by atoms with Gasteiger partial charge in [0.25, 0.3) is 0 Å². The third-order valence-electron chi connectivity index (χ3n) is 3.98. The Morgan fingerprint density at radius 1 is 0.889 bits per heavy atom. The third kappa shape index (κ3) is 8.93. The first-order valence-corrected chi connectivity index (χ1v) is 8.01. The van der Waals surface area contributed by atoms with E-state index in [0.717, 1.165) is 12.8 Å². The van der Waals surface area contributed by atoms with Gasteiger partial charge < -0.3 is 10.8 Å². The second kappa shape index (κ2) is 12.0. The molecule has 110 valence electrons. The van der Waals surface area contributed by atoms with Crippen LogP contribution in [0.1, 0.15) is 78.6 Å². The van der Waals surface area contributed by atoms with Gasteiger partial charge in [-0.25, -0.2) is 0 Å². The molecule has 2 atom stereocenters. The predicted octanol–water partition coefficient (Wildman–Crippen LogP) is 4.11. The van der Waals surface area contributed by atoms with Gasteiger partial charge in [-0.2, -0.15) is 0 Å². The SMILES string of the molecule is CCCCCCCCCCC(O)C(CN)C(C)C. The number of hydrogen-bond donors (Lipinski definition) is 2. The monoisotopic (exact) mass is 257 g/mol. The highest BCUT2D eigenvalue weighted by Crippen LogP contribution is 2.19. The molecule has 0 saturated carbocycles. The van der Waals surface area contributed by atoms with E-state index in [1.165, 1.54) is 44.9 Å². The molecule has 0 aromatic heterocycles. The van der Waals surface area contributed by atoms with Gasteiger partial charge in [0.15, 0.2) is 0 Å². The molecule has 2 heteroatoms. The van der Waals surface area contributed by atoms with Crippen LogP contribution in [0.15, 0.2) is 0 Å².